The number of hydrogen-bond acceptors (Lipinski definition) is 1. The van der Waals surface area contributed by atoms with Gasteiger partial charge in [-0.2, -0.15) is 0 Å². The van der Waals surface area contributed by atoms with Gasteiger partial charge in [0.05, 0.1) is 6.10 Å². The van der Waals surface area contributed by atoms with Gasteiger partial charge in [0, 0.05) is 22.9 Å². The predicted molar refractivity (Wildman–Crippen MR) is 76.3 cm³/mol. The van der Waals surface area contributed by atoms with E-state index in [-0.39, 0.29) is 5.82 Å². The molecular formula is C15H13Cl2FO. The molecule has 0 spiro atoms. The van der Waals surface area contributed by atoms with Crippen molar-refractivity contribution in [2.75, 3.05) is 0 Å². The SMILES string of the molecule is OC(Cc1ccccc1Cl)Cc1ccc(F)cc1Cl. The van der Waals surface area contributed by atoms with Gasteiger partial charge in [0.15, 0.2) is 0 Å². The second-order valence-corrected chi connectivity index (χ2v) is 5.20. The van der Waals surface area contributed by atoms with Gasteiger partial charge in [-0.3, -0.25) is 0 Å². The first-order chi connectivity index (χ1) is 9.06. The summed E-state index contributed by atoms with van der Waals surface area (Å²) in [5, 5.41) is 11.0. The van der Waals surface area contributed by atoms with Crippen LogP contribution < -0.4 is 0 Å². The summed E-state index contributed by atoms with van der Waals surface area (Å²) in [5.41, 5.74) is 1.61. The highest BCUT2D eigenvalue weighted by molar-refractivity contribution is 6.31. The lowest BCUT2D eigenvalue weighted by atomic mass is 10.0. The zero-order valence-electron chi connectivity index (χ0n) is 10.1. The highest BCUT2D eigenvalue weighted by atomic mass is 35.5. The second kappa shape index (κ2) is 6.38. The summed E-state index contributed by atoms with van der Waals surface area (Å²) in [5.74, 6) is -0.380. The average Bonchev–Trinajstić information content (AvgIpc) is 2.36. The maximum Gasteiger partial charge on any atom is 0.124 e. The molecule has 2 rings (SSSR count). The van der Waals surface area contributed by atoms with Crippen molar-refractivity contribution in [3.63, 3.8) is 0 Å². The van der Waals surface area contributed by atoms with Gasteiger partial charge in [-0.15, -0.1) is 0 Å². The van der Waals surface area contributed by atoms with Crippen molar-refractivity contribution in [3.8, 4) is 0 Å². The molecule has 2 aromatic carbocycles. The molecule has 0 aliphatic heterocycles. The average molecular weight is 299 g/mol. The Hall–Kier alpha value is -1.09. The summed E-state index contributed by atoms with van der Waals surface area (Å²) in [6.07, 6.45) is 0.195. The summed E-state index contributed by atoms with van der Waals surface area (Å²) < 4.78 is 12.9. The van der Waals surface area contributed by atoms with Crippen LogP contribution in [-0.4, -0.2) is 11.2 Å². The molecule has 19 heavy (non-hydrogen) atoms. The van der Waals surface area contributed by atoms with E-state index in [9.17, 15) is 9.50 Å². The van der Waals surface area contributed by atoms with Crippen molar-refractivity contribution in [2.45, 2.75) is 18.9 Å². The summed E-state index contributed by atoms with van der Waals surface area (Å²) >= 11 is 12.0. The van der Waals surface area contributed by atoms with E-state index < -0.39 is 6.10 Å². The van der Waals surface area contributed by atoms with Crippen LogP contribution in [0.1, 0.15) is 11.1 Å². The molecule has 0 radical (unpaired) electrons. The smallest absolute Gasteiger partial charge is 0.124 e. The Bertz CT molecular complexity index is 572. The Morgan fingerprint density at radius 1 is 0.947 bits per heavy atom. The maximum absolute atomic E-state index is 12.9. The van der Waals surface area contributed by atoms with E-state index in [1.807, 2.05) is 18.2 Å². The molecule has 0 bridgehead atoms. The van der Waals surface area contributed by atoms with Gasteiger partial charge >= 0.3 is 0 Å². The minimum Gasteiger partial charge on any atom is -0.392 e. The number of halogens is 3. The van der Waals surface area contributed by atoms with Crippen LogP contribution in [0.5, 0.6) is 0 Å². The van der Waals surface area contributed by atoms with E-state index in [0.717, 1.165) is 11.1 Å². The van der Waals surface area contributed by atoms with Gasteiger partial charge in [0.25, 0.3) is 0 Å². The molecule has 0 saturated heterocycles. The molecule has 4 heteroatoms. The molecule has 1 nitrogen and oxygen atoms in total. The third-order valence-corrected chi connectivity index (χ3v) is 3.60. The Morgan fingerprint density at radius 3 is 2.21 bits per heavy atom. The standard InChI is InChI=1S/C15H13Cl2FO/c16-14-4-2-1-3-10(14)7-13(19)8-11-5-6-12(18)9-15(11)17/h1-6,9,13,19H,7-8H2. The fraction of sp³-hybridized carbons (Fsp3) is 0.200. The van der Waals surface area contributed by atoms with E-state index in [1.54, 1.807) is 12.1 Å². The lowest BCUT2D eigenvalue weighted by Crippen LogP contribution is -2.14. The van der Waals surface area contributed by atoms with Crippen molar-refractivity contribution in [2.24, 2.45) is 0 Å². The van der Waals surface area contributed by atoms with Gasteiger partial charge < -0.3 is 5.11 Å². The van der Waals surface area contributed by atoms with E-state index in [2.05, 4.69) is 0 Å². The van der Waals surface area contributed by atoms with Gasteiger partial charge in [-0.05, 0) is 29.3 Å². The third kappa shape index (κ3) is 3.93. The first kappa shape index (κ1) is 14.3. The topological polar surface area (TPSA) is 20.2 Å². The van der Waals surface area contributed by atoms with Crippen LogP contribution in [-0.2, 0) is 12.8 Å². The number of hydrogen-bond donors (Lipinski definition) is 1. The minimum atomic E-state index is -0.608. The van der Waals surface area contributed by atoms with E-state index >= 15 is 0 Å². The zero-order valence-corrected chi connectivity index (χ0v) is 11.6. The van der Waals surface area contributed by atoms with Gasteiger partial charge in [0.2, 0.25) is 0 Å². The van der Waals surface area contributed by atoms with E-state index in [0.29, 0.717) is 22.9 Å². The van der Waals surface area contributed by atoms with Crippen LogP contribution in [0.25, 0.3) is 0 Å². The molecule has 2 aromatic rings. The van der Waals surface area contributed by atoms with E-state index in [1.165, 1.54) is 12.1 Å². The number of aliphatic hydroxyl groups is 1. The van der Waals surface area contributed by atoms with Gasteiger partial charge in [-0.25, -0.2) is 4.39 Å². The molecule has 0 amide bonds. The zero-order chi connectivity index (χ0) is 13.8. The summed E-state index contributed by atoms with van der Waals surface area (Å²) in [4.78, 5) is 0. The monoisotopic (exact) mass is 298 g/mol. The van der Waals surface area contributed by atoms with Crippen LogP contribution in [0.3, 0.4) is 0 Å². The largest absolute Gasteiger partial charge is 0.392 e. The van der Waals surface area contributed by atoms with Crippen molar-refractivity contribution < 1.29 is 9.50 Å². The molecule has 1 N–H and O–H groups in total. The normalized spacial score (nSPS) is 12.4. The summed E-state index contributed by atoms with van der Waals surface area (Å²) in [6.45, 7) is 0. The van der Waals surface area contributed by atoms with Crippen LogP contribution in [0, 0.1) is 5.82 Å². The maximum atomic E-state index is 12.9. The molecule has 1 atom stereocenters. The summed E-state index contributed by atoms with van der Waals surface area (Å²) in [7, 11) is 0. The van der Waals surface area contributed by atoms with Crippen molar-refractivity contribution in [3.05, 3.63) is 69.5 Å². The number of aliphatic hydroxyl groups excluding tert-OH is 1. The molecule has 0 saturated carbocycles. The van der Waals surface area contributed by atoms with Crippen LogP contribution >= 0.6 is 23.2 Å². The molecule has 0 aromatic heterocycles. The highest BCUT2D eigenvalue weighted by Gasteiger charge is 2.11. The summed E-state index contributed by atoms with van der Waals surface area (Å²) in [6, 6.07) is 11.6. The lowest BCUT2D eigenvalue weighted by Gasteiger charge is -2.13. The van der Waals surface area contributed by atoms with Crippen LogP contribution in [0.4, 0.5) is 4.39 Å². The Morgan fingerprint density at radius 2 is 1.58 bits per heavy atom. The molecule has 1 unspecified atom stereocenters. The molecule has 0 aliphatic carbocycles. The molecular weight excluding hydrogens is 286 g/mol. The number of rotatable bonds is 4. The predicted octanol–water partition coefficient (Wildman–Crippen LogP) is 4.28. The first-order valence-corrected chi connectivity index (χ1v) is 6.67. The van der Waals surface area contributed by atoms with Gasteiger partial charge in [0.1, 0.15) is 5.82 Å². The Balaban J connectivity index is 2.05. The fourth-order valence-corrected chi connectivity index (χ4v) is 2.39. The molecule has 100 valence electrons. The second-order valence-electron chi connectivity index (χ2n) is 4.39. The van der Waals surface area contributed by atoms with Crippen molar-refractivity contribution in [1.82, 2.24) is 0 Å². The van der Waals surface area contributed by atoms with Gasteiger partial charge in [-0.1, -0.05) is 47.5 Å². The van der Waals surface area contributed by atoms with Crippen LogP contribution in [0.2, 0.25) is 10.0 Å². The third-order valence-electron chi connectivity index (χ3n) is 2.88. The van der Waals surface area contributed by atoms with E-state index in [4.69, 9.17) is 23.2 Å². The molecule has 0 aliphatic rings. The Kier molecular flexibility index (Phi) is 4.81. The first-order valence-electron chi connectivity index (χ1n) is 5.91. The molecule has 0 fully saturated rings. The highest BCUT2D eigenvalue weighted by Crippen LogP contribution is 2.21. The van der Waals surface area contributed by atoms with Crippen molar-refractivity contribution in [1.29, 1.82) is 0 Å². The number of benzene rings is 2. The molecule has 0 heterocycles. The lowest BCUT2D eigenvalue weighted by molar-refractivity contribution is 0.175. The van der Waals surface area contributed by atoms with Crippen LogP contribution in [0.15, 0.2) is 42.5 Å². The minimum absolute atomic E-state index is 0.332. The fourth-order valence-electron chi connectivity index (χ4n) is 1.93. The quantitative estimate of drug-likeness (QED) is 0.893. The Labute approximate surface area is 121 Å². The van der Waals surface area contributed by atoms with Crippen molar-refractivity contribution >= 4 is 23.2 Å².